The van der Waals surface area contributed by atoms with Crippen LogP contribution in [0.5, 0.6) is 0 Å². The summed E-state index contributed by atoms with van der Waals surface area (Å²) in [5, 5.41) is 0. The van der Waals surface area contributed by atoms with Crippen molar-refractivity contribution in [3.8, 4) is 0 Å². The molecule has 0 aromatic heterocycles. The Labute approximate surface area is 125 Å². The number of hydrogen-bond acceptors (Lipinski definition) is 5. The number of rotatable bonds is 6. The molecule has 1 rings (SSSR count). The maximum atomic E-state index is 12.4. The van der Waals surface area contributed by atoms with E-state index in [1.807, 2.05) is 13.8 Å². The summed E-state index contributed by atoms with van der Waals surface area (Å²) in [4.78, 5) is 11.8. The van der Waals surface area contributed by atoms with Gasteiger partial charge in [0.15, 0.2) is 0 Å². The van der Waals surface area contributed by atoms with Gasteiger partial charge >= 0.3 is 5.97 Å². The van der Waals surface area contributed by atoms with Crippen LogP contribution in [0.4, 0.5) is 5.69 Å². The van der Waals surface area contributed by atoms with E-state index < -0.39 is 22.0 Å². The summed E-state index contributed by atoms with van der Waals surface area (Å²) in [5.41, 5.74) is 6.76. The molecule has 0 aliphatic carbocycles. The largest absolute Gasteiger partial charge is 0.468 e. The van der Waals surface area contributed by atoms with Crippen molar-refractivity contribution in [3.05, 3.63) is 23.8 Å². The Morgan fingerprint density at radius 2 is 1.95 bits per heavy atom. The van der Waals surface area contributed by atoms with E-state index >= 15 is 0 Å². The number of nitrogens with two attached hydrogens (primary N) is 1. The van der Waals surface area contributed by atoms with Gasteiger partial charge in [0, 0.05) is 5.69 Å². The molecule has 1 atom stereocenters. The van der Waals surface area contributed by atoms with Gasteiger partial charge in [-0.15, -0.1) is 0 Å². The van der Waals surface area contributed by atoms with Crippen molar-refractivity contribution in [2.75, 3.05) is 12.8 Å². The van der Waals surface area contributed by atoms with Crippen molar-refractivity contribution < 1.29 is 17.9 Å². The lowest BCUT2D eigenvalue weighted by atomic mass is 10.1. The zero-order chi connectivity index (χ0) is 16.2. The summed E-state index contributed by atoms with van der Waals surface area (Å²) in [6.07, 6.45) is 0.354. The molecule has 7 heteroatoms. The van der Waals surface area contributed by atoms with Crippen molar-refractivity contribution in [3.63, 3.8) is 0 Å². The third-order valence-electron chi connectivity index (χ3n) is 2.87. The Morgan fingerprint density at radius 3 is 2.43 bits per heavy atom. The van der Waals surface area contributed by atoms with Crippen LogP contribution >= 0.6 is 0 Å². The van der Waals surface area contributed by atoms with Crippen molar-refractivity contribution >= 4 is 21.7 Å². The van der Waals surface area contributed by atoms with Crippen LogP contribution in [0.25, 0.3) is 0 Å². The van der Waals surface area contributed by atoms with Crippen LogP contribution in [0.1, 0.15) is 25.8 Å². The second-order valence-corrected chi connectivity index (χ2v) is 7.12. The van der Waals surface area contributed by atoms with Crippen molar-refractivity contribution in [2.24, 2.45) is 5.92 Å². The molecule has 0 aliphatic heterocycles. The van der Waals surface area contributed by atoms with Crippen LogP contribution in [-0.2, 0) is 19.6 Å². The first-order valence-electron chi connectivity index (χ1n) is 6.63. The standard InChI is InChI=1S/C14H22N2O4S/c1-9(2)5-13(14(17)20-4)16-21(18,19)12-7-10(3)6-11(15)8-12/h6-9,13,16H,5,15H2,1-4H3. The molecule has 1 aromatic carbocycles. The summed E-state index contributed by atoms with van der Waals surface area (Å²) >= 11 is 0. The lowest BCUT2D eigenvalue weighted by Gasteiger charge is -2.18. The van der Waals surface area contributed by atoms with Crippen molar-refractivity contribution in [1.29, 1.82) is 0 Å². The van der Waals surface area contributed by atoms with E-state index in [1.165, 1.54) is 19.2 Å². The SMILES string of the molecule is COC(=O)C(CC(C)C)NS(=O)(=O)c1cc(C)cc(N)c1. The molecular weight excluding hydrogens is 292 g/mol. The Morgan fingerprint density at radius 1 is 1.33 bits per heavy atom. The van der Waals surface area contributed by atoms with E-state index in [2.05, 4.69) is 9.46 Å². The molecule has 118 valence electrons. The van der Waals surface area contributed by atoms with Crippen LogP contribution in [0.2, 0.25) is 0 Å². The van der Waals surface area contributed by atoms with E-state index in [9.17, 15) is 13.2 Å². The fourth-order valence-corrected chi connectivity index (χ4v) is 3.33. The molecule has 3 N–H and O–H groups in total. The molecule has 0 heterocycles. The van der Waals surface area contributed by atoms with Gasteiger partial charge in [0.2, 0.25) is 10.0 Å². The van der Waals surface area contributed by atoms with Crippen LogP contribution in [0.3, 0.4) is 0 Å². The zero-order valence-corrected chi connectivity index (χ0v) is 13.5. The third kappa shape index (κ3) is 5.02. The normalized spacial score (nSPS) is 13.2. The van der Waals surface area contributed by atoms with Crippen LogP contribution in [0, 0.1) is 12.8 Å². The molecule has 0 bridgehead atoms. The average Bonchev–Trinajstić information content (AvgIpc) is 2.35. The number of methoxy groups -OCH3 is 1. The van der Waals surface area contributed by atoms with Crippen molar-refractivity contribution in [2.45, 2.75) is 38.1 Å². The summed E-state index contributed by atoms with van der Waals surface area (Å²) in [5.74, 6) is -0.465. The minimum Gasteiger partial charge on any atom is -0.468 e. The Kier molecular flexibility index (Phi) is 5.74. The Bertz CT molecular complexity index is 591. The van der Waals surface area contributed by atoms with Gasteiger partial charge in [0.05, 0.1) is 12.0 Å². The minimum atomic E-state index is -3.84. The number of nitrogens with one attached hydrogen (secondary N) is 1. The third-order valence-corrected chi connectivity index (χ3v) is 4.32. The fraction of sp³-hybridized carbons (Fsp3) is 0.500. The monoisotopic (exact) mass is 314 g/mol. The maximum Gasteiger partial charge on any atom is 0.323 e. The molecule has 6 nitrogen and oxygen atoms in total. The Hall–Kier alpha value is -1.60. The number of benzene rings is 1. The van der Waals surface area contributed by atoms with E-state index in [0.29, 0.717) is 12.1 Å². The number of anilines is 1. The number of hydrogen-bond donors (Lipinski definition) is 2. The van der Waals surface area contributed by atoms with Gasteiger partial charge in [-0.05, 0) is 43.0 Å². The molecule has 0 aliphatic rings. The highest BCUT2D eigenvalue weighted by Crippen LogP contribution is 2.18. The number of aryl methyl sites for hydroxylation is 1. The van der Waals surface area contributed by atoms with Gasteiger partial charge < -0.3 is 10.5 Å². The highest BCUT2D eigenvalue weighted by atomic mass is 32.2. The second-order valence-electron chi connectivity index (χ2n) is 5.41. The molecule has 0 saturated carbocycles. The van der Waals surface area contributed by atoms with E-state index in [1.54, 1.807) is 13.0 Å². The maximum absolute atomic E-state index is 12.4. The molecule has 0 spiro atoms. The smallest absolute Gasteiger partial charge is 0.323 e. The second kappa shape index (κ2) is 6.91. The lowest BCUT2D eigenvalue weighted by molar-refractivity contribution is -0.143. The topological polar surface area (TPSA) is 98.5 Å². The number of carbonyl (C=O) groups is 1. The number of ether oxygens (including phenoxy) is 1. The number of esters is 1. The van der Waals surface area contributed by atoms with Crippen LogP contribution in [0.15, 0.2) is 23.1 Å². The van der Waals surface area contributed by atoms with Crippen LogP contribution in [-0.4, -0.2) is 27.5 Å². The molecular formula is C14H22N2O4S. The Balaban J connectivity index is 3.08. The van der Waals surface area contributed by atoms with Gasteiger partial charge in [-0.2, -0.15) is 4.72 Å². The molecule has 0 amide bonds. The fourth-order valence-electron chi connectivity index (χ4n) is 1.99. The van der Waals surface area contributed by atoms with Gasteiger partial charge in [-0.3, -0.25) is 4.79 Å². The molecule has 0 radical (unpaired) electrons. The lowest BCUT2D eigenvalue weighted by Crippen LogP contribution is -2.42. The van der Waals surface area contributed by atoms with Gasteiger partial charge in [0.1, 0.15) is 6.04 Å². The highest BCUT2D eigenvalue weighted by Gasteiger charge is 2.27. The summed E-state index contributed by atoms with van der Waals surface area (Å²) in [6.45, 7) is 5.55. The summed E-state index contributed by atoms with van der Waals surface area (Å²) < 4.78 is 31.8. The van der Waals surface area contributed by atoms with E-state index in [-0.39, 0.29) is 10.8 Å². The van der Waals surface area contributed by atoms with Crippen LogP contribution < -0.4 is 10.5 Å². The van der Waals surface area contributed by atoms with Gasteiger partial charge in [-0.1, -0.05) is 13.8 Å². The first kappa shape index (κ1) is 17.5. The van der Waals surface area contributed by atoms with Gasteiger partial charge in [-0.25, -0.2) is 8.42 Å². The quantitative estimate of drug-likeness (QED) is 0.611. The highest BCUT2D eigenvalue weighted by molar-refractivity contribution is 7.89. The van der Waals surface area contributed by atoms with E-state index in [0.717, 1.165) is 5.56 Å². The summed E-state index contributed by atoms with van der Waals surface area (Å²) in [6, 6.07) is 3.62. The summed E-state index contributed by atoms with van der Waals surface area (Å²) in [7, 11) is -2.61. The van der Waals surface area contributed by atoms with Crippen molar-refractivity contribution in [1.82, 2.24) is 4.72 Å². The average molecular weight is 314 g/mol. The number of sulfonamides is 1. The first-order chi connectivity index (χ1) is 9.65. The molecule has 0 saturated heterocycles. The molecule has 0 fully saturated rings. The predicted molar refractivity (Wildman–Crippen MR) is 81.2 cm³/mol. The first-order valence-corrected chi connectivity index (χ1v) is 8.11. The predicted octanol–water partition coefficient (Wildman–Crippen LogP) is 1.44. The molecule has 1 aromatic rings. The minimum absolute atomic E-state index is 0.0395. The molecule has 1 unspecified atom stereocenters. The molecule has 21 heavy (non-hydrogen) atoms. The van der Waals surface area contributed by atoms with E-state index in [4.69, 9.17) is 5.73 Å². The zero-order valence-electron chi connectivity index (χ0n) is 12.7. The number of nitrogen functional groups attached to an aromatic ring is 1. The number of carbonyl (C=O) groups excluding carboxylic acids is 1. The van der Waals surface area contributed by atoms with Gasteiger partial charge in [0.25, 0.3) is 0 Å².